The van der Waals surface area contributed by atoms with Crippen molar-refractivity contribution in [1.29, 1.82) is 0 Å². The molecule has 5 heteroatoms. The molecule has 0 spiro atoms. The van der Waals surface area contributed by atoms with Gasteiger partial charge < -0.3 is 11.1 Å². The number of aromatic amines is 1. The maximum Gasteiger partial charge on any atom is 0.227 e. The first-order valence-electron chi connectivity index (χ1n) is 6.81. The first kappa shape index (κ1) is 14.3. The number of carbonyl (C=O) groups is 1. The Bertz CT molecular complexity index is 551. The molecular weight excluding hydrogens is 252 g/mol. The van der Waals surface area contributed by atoms with Crippen molar-refractivity contribution in [3.8, 4) is 11.3 Å². The number of aromatic nitrogens is 2. The zero-order valence-electron chi connectivity index (χ0n) is 11.6. The maximum absolute atomic E-state index is 12.0. The Morgan fingerprint density at radius 1 is 1.45 bits per heavy atom. The molecule has 0 aliphatic heterocycles. The Balaban J connectivity index is 2.03. The Kier molecular flexibility index (Phi) is 4.90. The van der Waals surface area contributed by atoms with Crippen molar-refractivity contribution in [3.05, 3.63) is 36.5 Å². The maximum atomic E-state index is 12.0. The summed E-state index contributed by atoms with van der Waals surface area (Å²) in [6, 6.07) is 9.59. The zero-order chi connectivity index (χ0) is 14.4. The molecule has 1 aromatic carbocycles. The number of nitrogens with one attached hydrogen (secondary N) is 2. The van der Waals surface area contributed by atoms with Crippen molar-refractivity contribution in [2.75, 3.05) is 11.9 Å². The molecule has 0 bridgehead atoms. The molecule has 20 heavy (non-hydrogen) atoms. The lowest BCUT2D eigenvalue weighted by Crippen LogP contribution is -2.21. The molecule has 2 rings (SSSR count). The average Bonchev–Trinajstić information content (AvgIpc) is 2.99. The summed E-state index contributed by atoms with van der Waals surface area (Å²) in [5.41, 5.74) is 8.18. The molecule has 106 valence electrons. The molecular formula is C15H20N4O. The molecule has 0 aliphatic rings. The standard InChI is InChI=1S/C15H20N4O/c1-11(4-3-8-16)15(20)18-13-6-2-5-12(10-13)14-7-9-17-19-14/h2,5-7,9-11H,3-4,8,16H2,1H3,(H,17,19)(H,18,20). The molecule has 2 aromatic rings. The van der Waals surface area contributed by atoms with Crippen LogP contribution in [0.15, 0.2) is 36.5 Å². The van der Waals surface area contributed by atoms with E-state index in [0.717, 1.165) is 29.8 Å². The Hall–Kier alpha value is -2.14. The molecule has 0 aliphatic carbocycles. The van der Waals surface area contributed by atoms with E-state index in [1.165, 1.54) is 0 Å². The lowest BCUT2D eigenvalue weighted by molar-refractivity contribution is -0.119. The van der Waals surface area contributed by atoms with Crippen molar-refractivity contribution >= 4 is 11.6 Å². The predicted octanol–water partition coefficient (Wildman–Crippen LogP) is 2.39. The fourth-order valence-corrected chi connectivity index (χ4v) is 2.00. The first-order valence-corrected chi connectivity index (χ1v) is 6.81. The highest BCUT2D eigenvalue weighted by Crippen LogP contribution is 2.21. The van der Waals surface area contributed by atoms with E-state index < -0.39 is 0 Å². The molecule has 0 fully saturated rings. The zero-order valence-corrected chi connectivity index (χ0v) is 11.6. The number of amides is 1. The number of benzene rings is 1. The van der Waals surface area contributed by atoms with Crippen LogP contribution in [-0.4, -0.2) is 22.6 Å². The number of hydrogen-bond donors (Lipinski definition) is 3. The van der Waals surface area contributed by atoms with Gasteiger partial charge in [0.1, 0.15) is 0 Å². The SMILES string of the molecule is CC(CCCN)C(=O)Nc1cccc(-c2ccn[nH]2)c1. The van der Waals surface area contributed by atoms with Gasteiger partial charge >= 0.3 is 0 Å². The number of rotatable bonds is 6. The summed E-state index contributed by atoms with van der Waals surface area (Å²) in [5, 5.41) is 9.77. The van der Waals surface area contributed by atoms with Gasteiger partial charge in [0, 0.05) is 23.4 Å². The summed E-state index contributed by atoms with van der Waals surface area (Å²) in [5.74, 6) is -0.00503. The van der Waals surface area contributed by atoms with Gasteiger partial charge in [0.05, 0.1) is 5.69 Å². The van der Waals surface area contributed by atoms with Crippen LogP contribution in [0.2, 0.25) is 0 Å². The van der Waals surface area contributed by atoms with Crippen molar-refractivity contribution < 1.29 is 4.79 Å². The smallest absolute Gasteiger partial charge is 0.227 e. The van der Waals surface area contributed by atoms with E-state index >= 15 is 0 Å². The summed E-state index contributed by atoms with van der Waals surface area (Å²) < 4.78 is 0. The average molecular weight is 272 g/mol. The third kappa shape index (κ3) is 3.68. The van der Waals surface area contributed by atoms with Crippen LogP contribution in [0.1, 0.15) is 19.8 Å². The molecule has 1 amide bonds. The van der Waals surface area contributed by atoms with Gasteiger partial charge in [0.15, 0.2) is 0 Å². The van der Waals surface area contributed by atoms with E-state index in [0.29, 0.717) is 6.54 Å². The molecule has 1 atom stereocenters. The molecule has 0 saturated heterocycles. The van der Waals surface area contributed by atoms with Gasteiger partial charge in [0.25, 0.3) is 0 Å². The van der Waals surface area contributed by atoms with Crippen LogP contribution in [0.5, 0.6) is 0 Å². The number of nitrogens with two attached hydrogens (primary N) is 1. The van der Waals surface area contributed by atoms with Gasteiger partial charge in [-0.3, -0.25) is 9.89 Å². The first-order chi connectivity index (χ1) is 9.70. The van der Waals surface area contributed by atoms with E-state index in [1.807, 2.05) is 37.3 Å². The van der Waals surface area contributed by atoms with Crippen LogP contribution in [0, 0.1) is 5.92 Å². The van der Waals surface area contributed by atoms with Gasteiger partial charge in [-0.15, -0.1) is 0 Å². The van der Waals surface area contributed by atoms with Crippen LogP contribution in [0.25, 0.3) is 11.3 Å². The van der Waals surface area contributed by atoms with Crippen LogP contribution in [-0.2, 0) is 4.79 Å². The van der Waals surface area contributed by atoms with E-state index in [9.17, 15) is 4.79 Å². The van der Waals surface area contributed by atoms with Crippen LogP contribution in [0.3, 0.4) is 0 Å². The van der Waals surface area contributed by atoms with Gasteiger partial charge in [-0.25, -0.2) is 0 Å². The Labute approximate surface area is 118 Å². The summed E-state index contributed by atoms with van der Waals surface area (Å²) in [7, 11) is 0. The second-order valence-electron chi connectivity index (χ2n) is 4.87. The molecule has 4 N–H and O–H groups in total. The minimum absolute atomic E-state index is 0.0280. The molecule has 5 nitrogen and oxygen atoms in total. The predicted molar refractivity (Wildman–Crippen MR) is 80.1 cm³/mol. The largest absolute Gasteiger partial charge is 0.330 e. The van der Waals surface area contributed by atoms with Crippen LogP contribution >= 0.6 is 0 Å². The van der Waals surface area contributed by atoms with Crippen LogP contribution in [0.4, 0.5) is 5.69 Å². The van der Waals surface area contributed by atoms with Crippen molar-refractivity contribution in [1.82, 2.24) is 10.2 Å². The van der Waals surface area contributed by atoms with Gasteiger partial charge in [-0.1, -0.05) is 19.1 Å². The molecule has 0 radical (unpaired) electrons. The van der Waals surface area contributed by atoms with E-state index in [-0.39, 0.29) is 11.8 Å². The van der Waals surface area contributed by atoms with Gasteiger partial charge in [-0.2, -0.15) is 5.10 Å². The summed E-state index contributed by atoms with van der Waals surface area (Å²) >= 11 is 0. The number of hydrogen-bond acceptors (Lipinski definition) is 3. The minimum atomic E-state index is -0.0330. The summed E-state index contributed by atoms with van der Waals surface area (Å²) in [6.45, 7) is 2.54. The van der Waals surface area contributed by atoms with Crippen molar-refractivity contribution in [2.24, 2.45) is 11.7 Å². The third-order valence-corrected chi connectivity index (χ3v) is 3.23. The number of anilines is 1. The second kappa shape index (κ2) is 6.86. The molecule has 1 unspecified atom stereocenters. The monoisotopic (exact) mass is 272 g/mol. The van der Waals surface area contributed by atoms with E-state index in [2.05, 4.69) is 15.5 Å². The summed E-state index contributed by atoms with van der Waals surface area (Å²) in [4.78, 5) is 12.0. The second-order valence-corrected chi connectivity index (χ2v) is 4.87. The number of carbonyl (C=O) groups excluding carboxylic acids is 1. The fraction of sp³-hybridized carbons (Fsp3) is 0.333. The highest BCUT2D eigenvalue weighted by molar-refractivity contribution is 5.92. The molecule has 1 heterocycles. The lowest BCUT2D eigenvalue weighted by Gasteiger charge is -2.12. The Morgan fingerprint density at radius 3 is 3.00 bits per heavy atom. The normalized spacial score (nSPS) is 12.1. The van der Waals surface area contributed by atoms with Gasteiger partial charge in [0.2, 0.25) is 5.91 Å². The minimum Gasteiger partial charge on any atom is -0.330 e. The number of H-pyrrole nitrogens is 1. The topological polar surface area (TPSA) is 83.8 Å². The van der Waals surface area contributed by atoms with Gasteiger partial charge in [-0.05, 0) is 37.6 Å². The molecule has 1 aromatic heterocycles. The highest BCUT2D eigenvalue weighted by atomic mass is 16.1. The fourth-order valence-electron chi connectivity index (χ4n) is 2.00. The quantitative estimate of drug-likeness (QED) is 0.755. The summed E-state index contributed by atoms with van der Waals surface area (Å²) in [6.07, 6.45) is 3.38. The van der Waals surface area contributed by atoms with Crippen molar-refractivity contribution in [3.63, 3.8) is 0 Å². The van der Waals surface area contributed by atoms with Crippen LogP contribution < -0.4 is 11.1 Å². The Morgan fingerprint density at radius 2 is 2.30 bits per heavy atom. The lowest BCUT2D eigenvalue weighted by atomic mass is 10.0. The van der Waals surface area contributed by atoms with E-state index in [4.69, 9.17) is 5.73 Å². The third-order valence-electron chi connectivity index (χ3n) is 3.23. The van der Waals surface area contributed by atoms with Crippen molar-refractivity contribution in [2.45, 2.75) is 19.8 Å². The molecule has 0 saturated carbocycles. The van der Waals surface area contributed by atoms with E-state index in [1.54, 1.807) is 6.20 Å². The number of nitrogens with zero attached hydrogens (tertiary/aromatic N) is 1. The highest BCUT2D eigenvalue weighted by Gasteiger charge is 2.12.